The van der Waals surface area contributed by atoms with Gasteiger partial charge in [-0.3, -0.25) is 0 Å². The minimum absolute atomic E-state index is 0.115. The summed E-state index contributed by atoms with van der Waals surface area (Å²) in [5, 5.41) is 17.5. The van der Waals surface area contributed by atoms with Gasteiger partial charge in [-0.1, -0.05) is 20.3 Å². The van der Waals surface area contributed by atoms with E-state index in [0.29, 0.717) is 5.75 Å². The van der Waals surface area contributed by atoms with Gasteiger partial charge in [-0.05, 0) is 18.1 Å². The van der Waals surface area contributed by atoms with E-state index in [1.54, 1.807) is 11.8 Å². The van der Waals surface area contributed by atoms with Gasteiger partial charge in [0.05, 0.1) is 12.7 Å². The molecule has 0 aromatic carbocycles. The summed E-state index contributed by atoms with van der Waals surface area (Å²) in [6, 6.07) is 0. The lowest BCUT2D eigenvalue weighted by Crippen LogP contribution is -2.15. The van der Waals surface area contributed by atoms with E-state index in [0.717, 1.165) is 11.7 Å². The molecule has 0 aromatic heterocycles. The highest BCUT2D eigenvalue weighted by Crippen LogP contribution is 2.12. The van der Waals surface area contributed by atoms with Crippen LogP contribution in [0.1, 0.15) is 26.7 Å². The van der Waals surface area contributed by atoms with Crippen LogP contribution in [0.2, 0.25) is 0 Å². The van der Waals surface area contributed by atoms with Gasteiger partial charge < -0.3 is 10.2 Å². The topological polar surface area (TPSA) is 40.5 Å². The molecule has 0 bridgehead atoms. The summed E-state index contributed by atoms with van der Waals surface area (Å²) in [5.74, 6) is 2.53. The Morgan fingerprint density at radius 1 is 1.42 bits per heavy atom. The van der Waals surface area contributed by atoms with Gasteiger partial charge in [-0.25, -0.2) is 0 Å². The first-order chi connectivity index (χ1) is 5.70. The molecule has 0 spiro atoms. The summed E-state index contributed by atoms with van der Waals surface area (Å²) in [6.07, 6.45) is 1.90. The minimum Gasteiger partial charge on any atom is -0.394 e. The highest BCUT2D eigenvalue weighted by Gasteiger charge is 2.02. The fourth-order valence-electron chi connectivity index (χ4n) is 0.761. The van der Waals surface area contributed by atoms with E-state index in [1.165, 1.54) is 12.8 Å². The normalized spacial score (nSPS) is 16.0. The summed E-state index contributed by atoms with van der Waals surface area (Å²) >= 11 is 1.72. The number of thioether (sulfide) groups is 1. The summed E-state index contributed by atoms with van der Waals surface area (Å²) in [4.78, 5) is 0. The number of aliphatic hydroxyl groups is 2. The van der Waals surface area contributed by atoms with Crippen molar-refractivity contribution in [1.82, 2.24) is 0 Å². The zero-order valence-electron chi connectivity index (χ0n) is 7.99. The van der Waals surface area contributed by atoms with Gasteiger partial charge in [-0.2, -0.15) is 11.8 Å². The van der Waals surface area contributed by atoms with Crippen molar-refractivity contribution >= 4 is 11.8 Å². The van der Waals surface area contributed by atoms with E-state index >= 15 is 0 Å². The predicted molar refractivity (Wildman–Crippen MR) is 54.5 cm³/mol. The molecule has 0 aliphatic carbocycles. The lowest BCUT2D eigenvalue weighted by Gasteiger charge is -2.09. The molecule has 3 heteroatoms. The largest absolute Gasteiger partial charge is 0.394 e. The van der Waals surface area contributed by atoms with Crippen LogP contribution in [0.25, 0.3) is 0 Å². The molecule has 2 nitrogen and oxygen atoms in total. The van der Waals surface area contributed by atoms with Crippen LogP contribution in [-0.2, 0) is 0 Å². The van der Waals surface area contributed by atoms with Crippen molar-refractivity contribution in [2.45, 2.75) is 32.8 Å². The maximum atomic E-state index is 9.01. The molecule has 0 amide bonds. The third kappa shape index (κ3) is 6.95. The molecule has 0 saturated carbocycles. The Hall–Kier alpha value is 0.270. The molecule has 0 heterocycles. The van der Waals surface area contributed by atoms with E-state index in [-0.39, 0.29) is 6.61 Å². The second-order valence-electron chi connectivity index (χ2n) is 3.21. The molecule has 0 aromatic rings. The lowest BCUT2D eigenvalue weighted by atomic mass is 10.1. The Labute approximate surface area is 79.4 Å². The van der Waals surface area contributed by atoms with Crippen LogP contribution >= 0.6 is 11.8 Å². The number of hydrogen-bond donors (Lipinski definition) is 2. The van der Waals surface area contributed by atoms with Gasteiger partial charge in [0, 0.05) is 5.75 Å². The molecule has 2 N–H and O–H groups in total. The monoisotopic (exact) mass is 192 g/mol. The first-order valence-corrected chi connectivity index (χ1v) is 5.72. The Morgan fingerprint density at radius 3 is 2.58 bits per heavy atom. The van der Waals surface area contributed by atoms with Crippen LogP contribution < -0.4 is 0 Å². The van der Waals surface area contributed by atoms with Gasteiger partial charge in [0.1, 0.15) is 0 Å². The summed E-state index contributed by atoms with van der Waals surface area (Å²) < 4.78 is 0. The summed E-state index contributed by atoms with van der Waals surface area (Å²) in [5.41, 5.74) is 0. The lowest BCUT2D eigenvalue weighted by molar-refractivity contribution is 0.113. The molecule has 2 unspecified atom stereocenters. The summed E-state index contributed by atoms with van der Waals surface area (Å²) in [7, 11) is 0. The van der Waals surface area contributed by atoms with Gasteiger partial charge in [0.25, 0.3) is 0 Å². The van der Waals surface area contributed by atoms with E-state index in [2.05, 4.69) is 13.8 Å². The fourth-order valence-corrected chi connectivity index (χ4v) is 1.87. The van der Waals surface area contributed by atoms with Crippen molar-refractivity contribution in [3.05, 3.63) is 0 Å². The Bertz CT molecular complexity index is 86.5. The highest BCUT2D eigenvalue weighted by molar-refractivity contribution is 7.99. The van der Waals surface area contributed by atoms with Crippen molar-refractivity contribution in [2.75, 3.05) is 18.1 Å². The van der Waals surface area contributed by atoms with Crippen LogP contribution in [-0.4, -0.2) is 34.4 Å². The maximum absolute atomic E-state index is 9.01. The third-order valence-corrected chi connectivity index (χ3v) is 3.12. The number of aliphatic hydroxyl groups excluding tert-OH is 2. The Morgan fingerprint density at radius 2 is 2.08 bits per heavy atom. The Balaban J connectivity index is 3.10. The van der Waals surface area contributed by atoms with Crippen molar-refractivity contribution in [1.29, 1.82) is 0 Å². The fraction of sp³-hybridized carbons (Fsp3) is 1.00. The highest BCUT2D eigenvalue weighted by atomic mass is 32.2. The van der Waals surface area contributed by atoms with E-state index in [1.807, 2.05) is 0 Å². The van der Waals surface area contributed by atoms with Crippen LogP contribution in [0.5, 0.6) is 0 Å². The number of hydrogen-bond acceptors (Lipinski definition) is 3. The van der Waals surface area contributed by atoms with Gasteiger partial charge >= 0.3 is 0 Å². The van der Waals surface area contributed by atoms with E-state index < -0.39 is 6.10 Å². The molecule has 0 aliphatic heterocycles. The molecular formula is C9H20O2S. The molecule has 0 aliphatic rings. The Kier molecular flexibility index (Phi) is 8.07. The molecule has 12 heavy (non-hydrogen) atoms. The molecular weight excluding hydrogens is 172 g/mol. The molecule has 0 fully saturated rings. The third-order valence-electron chi connectivity index (χ3n) is 1.97. The zero-order chi connectivity index (χ0) is 9.40. The minimum atomic E-state index is -0.535. The molecule has 0 saturated heterocycles. The van der Waals surface area contributed by atoms with Crippen LogP contribution in [0.15, 0.2) is 0 Å². The predicted octanol–water partition coefficient (Wildman–Crippen LogP) is 1.51. The maximum Gasteiger partial charge on any atom is 0.0861 e. The molecule has 74 valence electrons. The second-order valence-corrected chi connectivity index (χ2v) is 4.36. The van der Waals surface area contributed by atoms with Crippen molar-refractivity contribution in [2.24, 2.45) is 5.92 Å². The van der Waals surface area contributed by atoms with E-state index in [9.17, 15) is 0 Å². The van der Waals surface area contributed by atoms with Gasteiger partial charge in [0.15, 0.2) is 0 Å². The van der Waals surface area contributed by atoms with Crippen LogP contribution in [0.3, 0.4) is 0 Å². The van der Waals surface area contributed by atoms with Gasteiger partial charge in [0.2, 0.25) is 0 Å². The van der Waals surface area contributed by atoms with Crippen molar-refractivity contribution in [3.63, 3.8) is 0 Å². The smallest absolute Gasteiger partial charge is 0.0861 e. The van der Waals surface area contributed by atoms with Crippen LogP contribution in [0.4, 0.5) is 0 Å². The molecule has 2 atom stereocenters. The van der Waals surface area contributed by atoms with Crippen molar-refractivity contribution < 1.29 is 10.2 Å². The van der Waals surface area contributed by atoms with E-state index in [4.69, 9.17) is 10.2 Å². The quantitative estimate of drug-likeness (QED) is 0.601. The van der Waals surface area contributed by atoms with Crippen LogP contribution in [0, 0.1) is 5.92 Å². The summed E-state index contributed by atoms with van der Waals surface area (Å²) in [6.45, 7) is 4.32. The second kappa shape index (κ2) is 7.90. The SMILES string of the molecule is CCC(C)CCSCC(O)CO. The first-order valence-electron chi connectivity index (χ1n) is 4.57. The molecule has 0 rings (SSSR count). The first kappa shape index (κ1) is 12.3. The van der Waals surface area contributed by atoms with Gasteiger partial charge in [-0.15, -0.1) is 0 Å². The molecule has 0 radical (unpaired) electrons. The standard InChI is InChI=1S/C9H20O2S/c1-3-8(2)4-5-12-7-9(11)6-10/h8-11H,3-7H2,1-2H3. The zero-order valence-corrected chi connectivity index (χ0v) is 8.81. The average Bonchev–Trinajstić information content (AvgIpc) is 2.11. The average molecular weight is 192 g/mol. The van der Waals surface area contributed by atoms with Crippen molar-refractivity contribution in [3.8, 4) is 0 Å². The number of rotatable bonds is 7.